The fourth-order valence-electron chi connectivity index (χ4n) is 2.62. The van der Waals surface area contributed by atoms with E-state index in [9.17, 15) is 5.11 Å². The summed E-state index contributed by atoms with van der Waals surface area (Å²) < 4.78 is 0. The summed E-state index contributed by atoms with van der Waals surface area (Å²) in [6.45, 7) is 4.65. The lowest BCUT2D eigenvalue weighted by molar-refractivity contribution is 0.140. The summed E-state index contributed by atoms with van der Waals surface area (Å²) in [4.78, 5) is 2.40. The Morgan fingerprint density at radius 1 is 1.35 bits per heavy atom. The van der Waals surface area contributed by atoms with Gasteiger partial charge in [-0.15, -0.1) is 0 Å². The summed E-state index contributed by atoms with van der Waals surface area (Å²) in [6.07, 6.45) is 2.23. The van der Waals surface area contributed by atoms with E-state index in [0.717, 1.165) is 25.2 Å². The van der Waals surface area contributed by atoms with Gasteiger partial charge in [-0.25, -0.2) is 0 Å². The van der Waals surface area contributed by atoms with Crippen LogP contribution in [0.2, 0.25) is 0 Å². The van der Waals surface area contributed by atoms with E-state index in [2.05, 4.69) is 24.0 Å². The number of rotatable bonds is 4. The lowest BCUT2D eigenvalue weighted by Gasteiger charge is -2.24. The molecule has 0 saturated carbocycles. The molecule has 2 unspecified atom stereocenters. The minimum absolute atomic E-state index is 0.281. The number of nitrogens with zero attached hydrogens (tertiary/aromatic N) is 1. The van der Waals surface area contributed by atoms with E-state index in [-0.39, 0.29) is 6.61 Å². The third kappa shape index (κ3) is 2.99. The van der Waals surface area contributed by atoms with Crippen molar-refractivity contribution in [2.45, 2.75) is 25.8 Å². The summed E-state index contributed by atoms with van der Waals surface area (Å²) in [5.41, 5.74) is 7.79. The molecule has 94 valence electrons. The van der Waals surface area contributed by atoms with E-state index in [4.69, 9.17) is 5.73 Å². The zero-order valence-corrected chi connectivity index (χ0v) is 10.5. The normalized spacial score (nSPS) is 25.3. The van der Waals surface area contributed by atoms with Crippen molar-refractivity contribution in [2.75, 3.05) is 25.4 Å². The summed E-state index contributed by atoms with van der Waals surface area (Å²) in [5, 5.41) is 9.38. The highest BCUT2D eigenvalue weighted by Gasteiger charge is 2.29. The van der Waals surface area contributed by atoms with Gasteiger partial charge in [0.15, 0.2) is 0 Å². The first-order valence-electron chi connectivity index (χ1n) is 6.40. The molecule has 3 N–H and O–H groups in total. The number of benzene rings is 1. The number of hydrogen-bond acceptors (Lipinski definition) is 3. The summed E-state index contributed by atoms with van der Waals surface area (Å²) >= 11 is 0. The van der Waals surface area contributed by atoms with Gasteiger partial charge >= 0.3 is 0 Å². The number of aliphatic hydroxyl groups is 1. The van der Waals surface area contributed by atoms with E-state index in [0.29, 0.717) is 12.0 Å². The molecule has 1 saturated heterocycles. The molecule has 1 aromatic rings. The predicted octanol–water partition coefficient (Wildman–Crippen LogP) is 1.51. The zero-order valence-electron chi connectivity index (χ0n) is 10.5. The van der Waals surface area contributed by atoms with Gasteiger partial charge in [0.2, 0.25) is 0 Å². The summed E-state index contributed by atoms with van der Waals surface area (Å²) in [5.74, 6) is 0.617. The SMILES string of the molecule is CC1CCN(CCc2ccc(N)cc2)C1CO. The van der Waals surface area contributed by atoms with Crippen LogP contribution in [0.1, 0.15) is 18.9 Å². The second-order valence-corrected chi connectivity index (χ2v) is 5.04. The second kappa shape index (κ2) is 5.52. The predicted molar refractivity (Wildman–Crippen MR) is 70.8 cm³/mol. The van der Waals surface area contributed by atoms with Gasteiger partial charge in [0.25, 0.3) is 0 Å². The molecule has 0 radical (unpaired) electrons. The van der Waals surface area contributed by atoms with Gasteiger partial charge in [0, 0.05) is 18.3 Å². The Hall–Kier alpha value is -1.06. The van der Waals surface area contributed by atoms with Crippen molar-refractivity contribution in [2.24, 2.45) is 5.92 Å². The Morgan fingerprint density at radius 2 is 2.06 bits per heavy atom. The molecular formula is C14H22N2O. The maximum Gasteiger partial charge on any atom is 0.0589 e. The van der Waals surface area contributed by atoms with Gasteiger partial charge in [-0.3, -0.25) is 4.90 Å². The molecule has 3 heteroatoms. The molecule has 0 aromatic heterocycles. The van der Waals surface area contributed by atoms with E-state index in [1.54, 1.807) is 0 Å². The van der Waals surface area contributed by atoms with Crippen LogP contribution in [-0.4, -0.2) is 35.7 Å². The van der Waals surface area contributed by atoms with E-state index in [1.807, 2.05) is 12.1 Å². The molecule has 1 fully saturated rings. The van der Waals surface area contributed by atoms with Crippen LogP contribution in [0.4, 0.5) is 5.69 Å². The Labute approximate surface area is 103 Å². The van der Waals surface area contributed by atoms with Crippen LogP contribution < -0.4 is 5.73 Å². The van der Waals surface area contributed by atoms with Crippen LogP contribution in [0.15, 0.2) is 24.3 Å². The molecule has 0 aliphatic carbocycles. The lowest BCUT2D eigenvalue weighted by atomic mass is 10.0. The maximum absolute atomic E-state index is 9.38. The highest BCUT2D eigenvalue weighted by molar-refractivity contribution is 5.39. The van der Waals surface area contributed by atoms with Crippen LogP contribution in [-0.2, 0) is 6.42 Å². The number of nitrogen functional groups attached to an aromatic ring is 1. The molecule has 17 heavy (non-hydrogen) atoms. The van der Waals surface area contributed by atoms with E-state index >= 15 is 0 Å². The first kappa shape index (κ1) is 12.4. The molecule has 2 atom stereocenters. The van der Waals surface area contributed by atoms with Crippen molar-refractivity contribution >= 4 is 5.69 Å². The zero-order chi connectivity index (χ0) is 12.3. The number of anilines is 1. The molecule has 1 heterocycles. The smallest absolute Gasteiger partial charge is 0.0589 e. The van der Waals surface area contributed by atoms with Gasteiger partial charge in [-0.05, 0) is 43.0 Å². The van der Waals surface area contributed by atoms with Crippen molar-refractivity contribution in [3.05, 3.63) is 29.8 Å². The fraction of sp³-hybridized carbons (Fsp3) is 0.571. The Balaban J connectivity index is 1.88. The highest BCUT2D eigenvalue weighted by Crippen LogP contribution is 2.23. The first-order valence-corrected chi connectivity index (χ1v) is 6.40. The van der Waals surface area contributed by atoms with Crippen molar-refractivity contribution in [1.82, 2.24) is 4.90 Å². The average molecular weight is 234 g/mol. The van der Waals surface area contributed by atoms with Gasteiger partial charge in [-0.1, -0.05) is 19.1 Å². The van der Waals surface area contributed by atoms with Crippen LogP contribution in [0.3, 0.4) is 0 Å². The van der Waals surface area contributed by atoms with Crippen molar-refractivity contribution in [3.63, 3.8) is 0 Å². The van der Waals surface area contributed by atoms with Crippen molar-refractivity contribution in [3.8, 4) is 0 Å². The fourth-order valence-corrected chi connectivity index (χ4v) is 2.62. The molecule has 1 aromatic carbocycles. The van der Waals surface area contributed by atoms with E-state index < -0.39 is 0 Å². The Kier molecular flexibility index (Phi) is 4.02. The molecule has 1 aliphatic rings. The Bertz CT molecular complexity index is 350. The third-order valence-corrected chi connectivity index (χ3v) is 3.85. The van der Waals surface area contributed by atoms with Crippen LogP contribution in [0.25, 0.3) is 0 Å². The summed E-state index contributed by atoms with van der Waals surface area (Å²) in [6, 6.07) is 8.42. The third-order valence-electron chi connectivity index (χ3n) is 3.85. The first-order chi connectivity index (χ1) is 8.20. The molecular weight excluding hydrogens is 212 g/mol. The standard InChI is InChI=1S/C14H22N2O/c1-11-6-8-16(14(11)10-17)9-7-12-2-4-13(15)5-3-12/h2-5,11,14,17H,6-10,15H2,1H3. The lowest BCUT2D eigenvalue weighted by Crippen LogP contribution is -2.36. The molecule has 0 bridgehead atoms. The molecule has 2 rings (SSSR count). The minimum Gasteiger partial charge on any atom is -0.399 e. The second-order valence-electron chi connectivity index (χ2n) is 5.04. The largest absolute Gasteiger partial charge is 0.399 e. The van der Waals surface area contributed by atoms with Gasteiger partial charge in [0.1, 0.15) is 0 Å². The summed E-state index contributed by atoms with van der Waals surface area (Å²) in [7, 11) is 0. The van der Waals surface area contributed by atoms with Gasteiger partial charge in [-0.2, -0.15) is 0 Å². The van der Waals surface area contributed by atoms with Crippen LogP contribution in [0, 0.1) is 5.92 Å². The number of aliphatic hydroxyl groups excluding tert-OH is 1. The van der Waals surface area contributed by atoms with E-state index in [1.165, 1.54) is 12.0 Å². The number of hydrogen-bond donors (Lipinski definition) is 2. The minimum atomic E-state index is 0.281. The van der Waals surface area contributed by atoms with Crippen LogP contribution in [0.5, 0.6) is 0 Å². The van der Waals surface area contributed by atoms with Crippen molar-refractivity contribution in [1.29, 1.82) is 0 Å². The van der Waals surface area contributed by atoms with Gasteiger partial charge in [0.05, 0.1) is 6.61 Å². The van der Waals surface area contributed by atoms with Crippen molar-refractivity contribution < 1.29 is 5.11 Å². The topological polar surface area (TPSA) is 49.5 Å². The quantitative estimate of drug-likeness (QED) is 0.776. The molecule has 0 amide bonds. The molecule has 3 nitrogen and oxygen atoms in total. The number of nitrogens with two attached hydrogens (primary N) is 1. The molecule has 0 spiro atoms. The highest BCUT2D eigenvalue weighted by atomic mass is 16.3. The van der Waals surface area contributed by atoms with Crippen LogP contribution >= 0.6 is 0 Å². The van der Waals surface area contributed by atoms with Gasteiger partial charge < -0.3 is 10.8 Å². The number of likely N-dealkylation sites (tertiary alicyclic amines) is 1. The average Bonchev–Trinajstić information content (AvgIpc) is 2.69. The Morgan fingerprint density at radius 3 is 2.71 bits per heavy atom. The molecule has 1 aliphatic heterocycles. The monoisotopic (exact) mass is 234 g/mol. The maximum atomic E-state index is 9.38.